The van der Waals surface area contributed by atoms with Crippen LogP contribution in [0.15, 0.2) is 0 Å². The summed E-state index contributed by atoms with van der Waals surface area (Å²) >= 11 is 0. The third-order valence-corrected chi connectivity index (χ3v) is 4.42. The van der Waals surface area contributed by atoms with Crippen LogP contribution in [-0.4, -0.2) is 72.4 Å². The van der Waals surface area contributed by atoms with Gasteiger partial charge >= 0.3 is 0 Å². The molecule has 3 aliphatic heterocycles. The van der Waals surface area contributed by atoms with E-state index in [0.29, 0.717) is 12.6 Å². The highest BCUT2D eigenvalue weighted by atomic mass is 16.5. The predicted octanol–water partition coefficient (Wildman–Crippen LogP) is -0.310. The number of nitrogens with zero attached hydrogens (tertiary/aromatic N) is 2. The van der Waals surface area contributed by atoms with Crippen molar-refractivity contribution in [2.45, 2.75) is 31.4 Å². The number of rotatable bonds is 1. The fourth-order valence-electron chi connectivity index (χ4n) is 3.41. The van der Waals surface area contributed by atoms with Gasteiger partial charge in [-0.2, -0.15) is 0 Å². The van der Waals surface area contributed by atoms with E-state index >= 15 is 0 Å². The van der Waals surface area contributed by atoms with Crippen molar-refractivity contribution in [3.05, 3.63) is 0 Å². The Bertz CT molecular complexity index is 317. The van der Waals surface area contributed by atoms with Crippen LogP contribution in [0.4, 0.5) is 0 Å². The standard InChI is InChI=1S/C13H22N2O3/c16-12-6-11-7-15(4-3-14(11)8-12)13(17)10-2-1-5-18-9-10/h10-12,16H,1-9H2/t10?,11-,12+/m0/s1. The van der Waals surface area contributed by atoms with Gasteiger partial charge in [0.2, 0.25) is 5.91 Å². The Morgan fingerprint density at radius 2 is 2.17 bits per heavy atom. The summed E-state index contributed by atoms with van der Waals surface area (Å²) in [6, 6.07) is 0.363. The lowest BCUT2D eigenvalue weighted by molar-refractivity contribution is -0.142. The van der Waals surface area contributed by atoms with Crippen molar-refractivity contribution in [1.82, 2.24) is 9.80 Å². The second-order valence-corrected chi connectivity index (χ2v) is 5.74. The van der Waals surface area contributed by atoms with Gasteiger partial charge in [-0.25, -0.2) is 0 Å². The van der Waals surface area contributed by atoms with Crippen molar-refractivity contribution in [2.24, 2.45) is 5.92 Å². The van der Waals surface area contributed by atoms with Crippen LogP contribution < -0.4 is 0 Å². The Morgan fingerprint density at radius 3 is 2.94 bits per heavy atom. The minimum Gasteiger partial charge on any atom is -0.392 e. The van der Waals surface area contributed by atoms with Crippen LogP contribution in [0, 0.1) is 5.92 Å². The maximum Gasteiger partial charge on any atom is 0.228 e. The molecule has 5 heteroatoms. The second-order valence-electron chi connectivity index (χ2n) is 5.74. The van der Waals surface area contributed by atoms with Crippen molar-refractivity contribution >= 4 is 5.91 Å². The fraction of sp³-hybridized carbons (Fsp3) is 0.923. The van der Waals surface area contributed by atoms with Crippen LogP contribution >= 0.6 is 0 Å². The first-order valence-corrected chi connectivity index (χ1v) is 7.02. The molecule has 1 unspecified atom stereocenters. The zero-order valence-electron chi connectivity index (χ0n) is 10.8. The van der Waals surface area contributed by atoms with Crippen molar-refractivity contribution < 1.29 is 14.6 Å². The lowest BCUT2D eigenvalue weighted by Crippen LogP contribution is -2.54. The van der Waals surface area contributed by atoms with E-state index in [2.05, 4.69) is 4.90 Å². The molecule has 18 heavy (non-hydrogen) atoms. The SMILES string of the molecule is O=C(C1CCCOC1)N1CCN2C[C@H](O)C[C@H]2C1. The number of aliphatic hydroxyl groups is 1. The molecule has 3 atom stereocenters. The van der Waals surface area contributed by atoms with Crippen molar-refractivity contribution in [1.29, 1.82) is 0 Å². The van der Waals surface area contributed by atoms with Gasteiger partial charge in [0.1, 0.15) is 0 Å². The van der Waals surface area contributed by atoms with Crippen LogP contribution in [0.1, 0.15) is 19.3 Å². The molecule has 3 rings (SSSR count). The Hall–Kier alpha value is -0.650. The first-order chi connectivity index (χ1) is 8.74. The first kappa shape index (κ1) is 12.4. The molecule has 102 valence electrons. The Balaban J connectivity index is 1.58. The summed E-state index contributed by atoms with van der Waals surface area (Å²) in [5.41, 5.74) is 0. The summed E-state index contributed by atoms with van der Waals surface area (Å²) in [5.74, 6) is 0.326. The molecule has 1 N–H and O–H groups in total. The maximum absolute atomic E-state index is 12.4. The smallest absolute Gasteiger partial charge is 0.228 e. The average molecular weight is 254 g/mol. The molecule has 0 aromatic carbocycles. The van der Waals surface area contributed by atoms with Crippen molar-refractivity contribution in [3.8, 4) is 0 Å². The molecule has 3 heterocycles. The third-order valence-electron chi connectivity index (χ3n) is 4.42. The topological polar surface area (TPSA) is 53.0 Å². The highest BCUT2D eigenvalue weighted by Crippen LogP contribution is 2.24. The minimum atomic E-state index is -0.205. The number of carbonyl (C=O) groups excluding carboxylic acids is 1. The number of hydrogen-bond acceptors (Lipinski definition) is 4. The van der Waals surface area contributed by atoms with Crippen LogP contribution in [0.25, 0.3) is 0 Å². The molecule has 0 aromatic heterocycles. The molecule has 0 saturated carbocycles. The molecule has 3 saturated heterocycles. The van der Waals surface area contributed by atoms with Crippen LogP contribution in [0.3, 0.4) is 0 Å². The summed E-state index contributed by atoms with van der Waals surface area (Å²) in [7, 11) is 0. The normalized spacial score (nSPS) is 37.6. The molecule has 0 radical (unpaired) electrons. The van der Waals surface area contributed by atoms with E-state index in [-0.39, 0.29) is 17.9 Å². The number of piperazine rings is 1. The molecule has 0 aromatic rings. The highest BCUT2D eigenvalue weighted by molar-refractivity contribution is 5.79. The monoisotopic (exact) mass is 254 g/mol. The van der Waals surface area contributed by atoms with Gasteiger partial charge in [0.25, 0.3) is 0 Å². The molecule has 0 spiro atoms. The van der Waals surface area contributed by atoms with E-state index in [9.17, 15) is 9.90 Å². The number of hydrogen-bond donors (Lipinski definition) is 1. The minimum absolute atomic E-state index is 0.0663. The average Bonchev–Trinajstić information content (AvgIpc) is 2.78. The van der Waals surface area contributed by atoms with Crippen molar-refractivity contribution in [3.63, 3.8) is 0 Å². The molecular weight excluding hydrogens is 232 g/mol. The number of ether oxygens (including phenoxy) is 1. The van der Waals surface area contributed by atoms with E-state index in [1.165, 1.54) is 0 Å². The Labute approximate surface area is 108 Å². The summed E-state index contributed by atoms with van der Waals surface area (Å²) in [6.07, 6.45) is 2.57. The molecule has 0 bridgehead atoms. The molecule has 3 aliphatic rings. The molecule has 5 nitrogen and oxygen atoms in total. The number of amides is 1. The Morgan fingerprint density at radius 1 is 1.28 bits per heavy atom. The van der Waals surface area contributed by atoms with E-state index in [1.807, 2.05) is 4.90 Å². The lowest BCUT2D eigenvalue weighted by Gasteiger charge is -2.39. The van der Waals surface area contributed by atoms with E-state index < -0.39 is 0 Å². The van der Waals surface area contributed by atoms with Crippen LogP contribution in [0.5, 0.6) is 0 Å². The van der Waals surface area contributed by atoms with Gasteiger partial charge in [-0.15, -0.1) is 0 Å². The van der Waals surface area contributed by atoms with Gasteiger partial charge in [-0.1, -0.05) is 0 Å². The third kappa shape index (κ3) is 2.39. The summed E-state index contributed by atoms with van der Waals surface area (Å²) < 4.78 is 5.40. The highest BCUT2D eigenvalue weighted by Gasteiger charge is 2.38. The van der Waals surface area contributed by atoms with Gasteiger partial charge in [0.15, 0.2) is 0 Å². The predicted molar refractivity (Wildman–Crippen MR) is 66.1 cm³/mol. The molecule has 1 amide bonds. The first-order valence-electron chi connectivity index (χ1n) is 7.02. The summed E-state index contributed by atoms with van der Waals surface area (Å²) in [5, 5.41) is 9.67. The molecule has 3 fully saturated rings. The second kappa shape index (κ2) is 5.15. The van der Waals surface area contributed by atoms with Gasteiger partial charge in [0, 0.05) is 38.8 Å². The van der Waals surface area contributed by atoms with E-state index in [1.54, 1.807) is 0 Å². The van der Waals surface area contributed by atoms with Crippen molar-refractivity contribution in [2.75, 3.05) is 39.4 Å². The Kier molecular flexibility index (Phi) is 3.54. The number of carbonyl (C=O) groups is 1. The van der Waals surface area contributed by atoms with Gasteiger partial charge < -0.3 is 14.7 Å². The largest absolute Gasteiger partial charge is 0.392 e. The van der Waals surface area contributed by atoms with Crippen LogP contribution in [0.2, 0.25) is 0 Å². The van der Waals surface area contributed by atoms with Crippen LogP contribution in [-0.2, 0) is 9.53 Å². The molecule has 0 aliphatic carbocycles. The van der Waals surface area contributed by atoms with Gasteiger partial charge in [-0.05, 0) is 19.3 Å². The van der Waals surface area contributed by atoms with E-state index in [4.69, 9.17) is 4.74 Å². The summed E-state index contributed by atoms with van der Waals surface area (Å²) in [6.45, 7) is 4.66. The number of aliphatic hydroxyl groups excluding tert-OH is 1. The maximum atomic E-state index is 12.4. The molecular formula is C13H22N2O3. The van der Waals surface area contributed by atoms with Gasteiger partial charge in [-0.3, -0.25) is 9.69 Å². The fourth-order valence-corrected chi connectivity index (χ4v) is 3.41. The van der Waals surface area contributed by atoms with Gasteiger partial charge in [0.05, 0.1) is 18.6 Å². The zero-order valence-corrected chi connectivity index (χ0v) is 10.8. The zero-order chi connectivity index (χ0) is 12.5. The number of fused-ring (bicyclic) bond motifs is 1. The summed E-state index contributed by atoms with van der Waals surface area (Å²) in [4.78, 5) is 16.7. The van der Waals surface area contributed by atoms with E-state index in [0.717, 1.165) is 52.0 Å². The quantitative estimate of drug-likeness (QED) is 0.697. The lowest BCUT2D eigenvalue weighted by atomic mass is 9.99.